The molecule has 3 aromatic heterocycles. The van der Waals surface area contributed by atoms with Crippen LogP contribution < -0.4 is 10.1 Å². The third kappa shape index (κ3) is 3.60. The summed E-state index contributed by atoms with van der Waals surface area (Å²) in [5.74, 6) is 0.861. The zero-order chi connectivity index (χ0) is 19.8. The number of nitrogens with zero attached hydrogens (tertiary/aromatic N) is 3. The molecule has 0 radical (unpaired) electrons. The molecule has 1 amide bonds. The van der Waals surface area contributed by atoms with Gasteiger partial charge < -0.3 is 10.1 Å². The maximum atomic E-state index is 12.6. The highest BCUT2D eigenvalue weighted by molar-refractivity contribution is 7.21. The van der Waals surface area contributed by atoms with Crippen LogP contribution in [0, 0.1) is 6.92 Å². The smallest absolute Gasteiger partial charge is 0.259 e. The summed E-state index contributed by atoms with van der Waals surface area (Å²) in [7, 11) is 0. The highest BCUT2D eigenvalue weighted by Crippen LogP contribution is 2.34. The molecule has 0 atom stereocenters. The van der Waals surface area contributed by atoms with Gasteiger partial charge in [0.1, 0.15) is 21.4 Å². The second-order valence-electron chi connectivity index (χ2n) is 5.81. The monoisotopic (exact) mass is 452 g/mol. The van der Waals surface area contributed by atoms with Crippen LogP contribution in [0.3, 0.4) is 0 Å². The number of halogens is 2. The molecular weight excluding hydrogens is 439 g/mol. The zero-order valence-corrected chi connectivity index (χ0v) is 18.0. The van der Waals surface area contributed by atoms with Gasteiger partial charge in [0.05, 0.1) is 26.9 Å². The number of carbonyl (C=O) groups excluding carboxylic acids is 1. The van der Waals surface area contributed by atoms with E-state index in [1.165, 1.54) is 11.3 Å². The Morgan fingerprint density at radius 3 is 2.82 bits per heavy atom. The molecule has 3 heterocycles. The molecule has 0 bridgehead atoms. The van der Waals surface area contributed by atoms with E-state index in [4.69, 9.17) is 27.9 Å². The van der Waals surface area contributed by atoms with Crippen molar-refractivity contribution < 1.29 is 9.53 Å². The first kappa shape index (κ1) is 19.2. The number of thiazole rings is 1. The number of hydrogen-bond acceptors (Lipinski definition) is 6. The first-order chi connectivity index (χ1) is 13.5. The van der Waals surface area contributed by atoms with Gasteiger partial charge in [-0.1, -0.05) is 40.6 Å². The van der Waals surface area contributed by atoms with Crippen LogP contribution >= 0.6 is 45.9 Å². The summed E-state index contributed by atoms with van der Waals surface area (Å²) < 4.78 is 9.03. The van der Waals surface area contributed by atoms with Gasteiger partial charge in [-0.2, -0.15) is 9.78 Å². The van der Waals surface area contributed by atoms with E-state index in [0.717, 1.165) is 33.0 Å². The maximum absolute atomic E-state index is 12.6. The number of hydrogen-bond donors (Lipinski definition) is 1. The Morgan fingerprint density at radius 1 is 1.29 bits per heavy atom. The number of para-hydroxylation sites is 1. The molecule has 0 unspecified atom stereocenters. The Hall–Kier alpha value is -2.13. The Labute approximate surface area is 178 Å². The van der Waals surface area contributed by atoms with Crippen LogP contribution in [0.1, 0.15) is 23.0 Å². The third-order valence-electron chi connectivity index (χ3n) is 3.83. The van der Waals surface area contributed by atoms with Gasteiger partial charge in [0.2, 0.25) is 5.13 Å². The minimum atomic E-state index is -0.356. The fraction of sp³-hybridized carbons (Fsp3) is 0.167. The number of nitrogens with one attached hydrogen (secondary N) is 1. The highest BCUT2D eigenvalue weighted by atomic mass is 35.5. The molecule has 28 heavy (non-hydrogen) atoms. The lowest BCUT2D eigenvalue weighted by molar-refractivity contribution is 0.102. The number of aromatic nitrogens is 3. The zero-order valence-electron chi connectivity index (χ0n) is 14.8. The van der Waals surface area contributed by atoms with Gasteiger partial charge in [0, 0.05) is 6.07 Å². The van der Waals surface area contributed by atoms with Crippen LogP contribution in [0.4, 0.5) is 5.82 Å². The molecule has 1 N–H and O–H groups in total. The van der Waals surface area contributed by atoms with Crippen LogP contribution in [-0.4, -0.2) is 27.3 Å². The maximum Gasteiger partial charge on any atom is 0.259 e. The summed E-state index contributed by atoms with van der Waals surface area (Å²) in [6.45, 7) is 4.33. The quantitative estimate of drug-likeness (QED) is 0.414. The summed E-state index contributed by atoms with van der Waals surface area (Å²) >= 11 is 14.6. The van der Waals surface area contributed by atoms with E-state index in [-0.39, 0.29) is 5.91 Å². The minimum absolute atomic E-state index is 0.324. The van der Waals surface area contributed by atoms with E-state index < -0.39 is 0 Å². The SMILES string of the molecule is CCOc1cccc2sc(-n3nc(C)cc3NC(=O)c3cc(Cl)sc3Cl)nc12. The normalized spacial score (nSPS) is 11.1. The number of thiophene rings is 1. The lowest BCUT2D eigenvalue weighted by atomic mass is 10.3. The van der Waals surface area contributed by atoms with E-state index in [9.17, 15) is 4.79 Å². The lowest BCUT2D eigenvalue weighted by Crippen LogP contribution is -2.14. The number of anilines is 1. The van der Waals surface area contributed by atoms with Crippen LogP contribution in [0.25, 0.3) is 15.3 Å². The van der Waals surface area contributed by atoms with E-state index in [0.29, 0.717) is 31.8 Å². The van der Waals surface area contributed by atoms with Crippen LogP contribution in [-0.2, 0) is 0 Å². The second-order valence-corrected chi connectivity index (χ2v) is 9.10. The molecular formula is C18H14Cl2N4O2S2. The molecule has 0 aliphatic carbocycles. The fourth-order valence-corrected chi connectivity index (χ4v) is 5.09. The van der Waals surface area contributed by atoms with E-state index in [1.54, 1.807) is 16.8 Å². The first-order valence-electron chi connectivity index (χ1n) is 8.32. The number of rotatable bonds is 5. The predicted molar refractivity (Wildman–Crippen MR) is 115 cm³/mol. The molecule has 4 aromatic rings. The van der Waals surface area contributed by atoms with Crippen molar-refractivity contribution in [2.75, 3.05) is 11.9 Å². The molecule has 6 nitrogen and oxygen atoms in total. The van der Waals surface area contributed by atoms with Crippen molar-refractivity contribution in [3.8, 4) is 10.9 Å². The molecule has 144 valence electrons. The van der Waals surface area contributed by atoms with Crippen molar-refractivity contribution in [1.29, 1.82) is 0 Å². The van der Waals surface area contributed by atoms with Crippen molar-refractivity contribution in [3.05, 3.63) is 50.3 Å². The predicted octanol–water partition coefficient (Wildman–Crippen LogP) is 5.81. The Kier molecular flexibility index (Phi) is 5.29. The summed E-state index contributed by atoms with van der Waals surface area (Å²) in [5.41, 5.74) is 1.83. The molecule has 10 heteroatoms. The average molecular weight is 453 g/mol. The molecule has 1 aromatic carbocycles. The van der Waals surface area contributed by atoms with E-state index in [2.05, 4.69) is 15.4 Å². The van der Waals surface area contributed by atoms with Crippen molar-refractivity contribution in [2.24, 2.45) is 0 Å². The van der Waals surface area contributed by atoms with Crippen molar-refractivity contribution in [3.63, 3.8) is 0 Å². The van der Waals surface area contributed by atoms with Crippen molar-refractivity contribution in [1.82, 2.24) is 14.8 Å². The number of ether oxygens (including phenoxy) is 1. The molecule has 0 aliphatic heterocycles. The Balaban J connectivity index is 1.72. The van der Waals surface area contributed by atoms with Gasteiger partial charge in [-0.05, 0) is 32.0 Å². The summed E-state index contributed by atoms with van der Waals surface area (Å²) in [6, 6.07) is 9.10. The van der Waals surface area contributed by atoms with E-state index >= 15 is 0 Å². The Morgan fingerprint density at radius 2 is 2.11 bits per heavy atom. The number of carbonyl (C=O) groups is 1. The lowest BCUT2D eigenvalue weighted by Gasteiger charge is -2.05. The third-order valence-corrected chi connectivity index (χ3v) is 6.31. The van der Waals surface area contributed by atoms with Gasteiger partial charge in [0.15, 0.2) is 0 Å². The van der Waals surface area contributed by atoms with Gasteiger partial charge in [0.25, 0.3) is 5.91 Å². The summed E-state index contributed by atoms with van der Waals surface area (Å²) in [5, 5.41) is 7.95. The van der Waals surface area contributed by atoms with Crippen molar-refractivity contribution >= 4 is 67.8 Å². The summed E-state index contributed by atoms with van der Waals surface area (Å²) in [6.07, 6.45) is 0. The summed E-state index contributed by atoms with van der Waals surface area (Å²) in [4.78, 5) is 17.3. The number of fused-ring (bicyclic) bond motifs is 1. The van der Waals surface area contributed by atoms with Gasteiger partial charge >= 0.3 is 0 Å². The first-order valence-corrected chi connectivity index (χ1v) is 10.7. The fourth-order valence-electron chi connectivity index (χ4n) is 2.69. The van der Waals surface area contributed by atoms with Crippen LogP contribution in [0.15, 0.2) is 30.3 Å². The van der Waals surface area contributed by atoms with Gasteiger partial charge in [-0.25, -0.2) is 4.98 Å². The molecule has 0 saturated heterocycles. The Bertz CT molecular complexity index is 1180. The second kappa shape index (κ2) is 7.71. The highest BCUT2D eigenvalue weighted by Gasteiger charge is 2.19. The topological polar surface area (TPSA) is 69.0 Å². The largest absolute Gasteiger partial charge is 0.492 e. The molecule has 4 rings (SSSR count). The molecule has 0 aliphatic rings. The molecule has 0 fully saturated rings. The molecule has 0 spiro atoms. The standard InChI is InChI=1S/C18H14Cl2N4O2S2/c1-3-26-11-5-4-6-12-15(11)22-18(27-12)24-14(7-9(2)23-24)21-17(25)10-8-13(19)28-16(10)20/h4-8H,3H2,1-2H3,(H,21,25). The number of aryl methyl sites for hydroxylation is 1. The molecule has 0 saturated carbocycles. The minimum Gasteiger partial charge on any atom is -0.492 e. The number of amides is 1. The van der Waals surface area contributed by atoms with E-state index in [1.807, 2.05) is 32.0 Å². The average Bonchev–Trinajstić information content (AvgIpc) is 3.32. The van der Waals surface area contributed by atoms with Crippen LogP contribution in [0.5, 0.6) is 5.75 Å². The van der Waals surface area contributed by atoms with Crippen molar-refractivity contribution in [2.45, 2.75) is 13.8 Å². The van der Waals surface area contributed by atoms with Gasteiger partial charge in [-0.3, -0.25) is 4.79 Å². The number of benzene rings is 1. The van der Waals surface area contributed by atoms with Gasteiger partial charge in [-0.15, -0.1) is 11.3 Å². The van der Waals surface area contributed by atoms with Crippen LogP contribution in [0.2, 0.25) is 8.67 Å².